The predicted octanol–water partition coefficient (Wildman–Crippen LogP) is 0.182. The topological polar surface area (TPSA) is 26.9 Å². The zero-order valence-electron chi connectivity index (χ0n) is 4.75. The van der Waals surface area contributed by atoms with Crippen LogP contribution in [0, 0.1) is 5.21 Å². The summed E-state index contributed by atoms with van der Waals surface area (Å²) in [5.41, 5.74) is 0. The van der Waals surface area contributed by atoms with Crippen LogP contribution < -0.4 is 7.93 Å². The van der Waals surface area contributed by atoms with E-state index in [1.807, 2.05) is 6.07 Å². The van der Waals surface area contributed by atoms with Gasteiger partial charge in [0.2, 0.25) is 0 Å². The van der Waals surface area contributed by atoms with Gasteiger partial charge in [-0.25, -0.2) is 0 Å². The molecule has 0 bridgehead atoms. The van der Waals surface area contributed by atoms with E-state index in [0.29, 0.717) is 0 Å². The predicted molar refractivity (Wildman–Crippen MR) is 30.9 cm³/mol. The van der Waals surface area contributed by atoms with Crippen LogP contribution in [-0.2, 0) is 23.3 Å². The molecule has 0 unspecified atom stereocenters. The maximum absolute atomic E-state index is 10.7. The zero-order chi connectivity index (χ0) is 6.69. The SMILES string of the molecule is [O-][n+]1cccc[c]1[Hg][Cl]. The van der Waals surface area contributed by atoms with Crippen molar-refractivity contribution < 1.29 is 28.1 Å². The molecule has 0 N–H and O–H groups in total. The Morgan fingerprint density at radius 2 is 2.33 bits per heavy atom. The molecule has 2 nitrogen and oxygen atoms in total. The van der Waals surface area contributed by atoms with E-state index in [2.05, 4.69) is 0 Å². The van der Waals surface area contributed by atoms with Crippen molar-refractivity contribution in [3.8, 4) is 0 Å². The number of halogens is 1. The number of aromatic nitrogens is 1. The van der Waals surface area contributed by atoms with Crippen LogP contribution in [0.2, 0.25) is 0 Å². The molecule has 0 spiro atoms. The second-order valence-electron chi connectivity index (χ2n) is 1.65. The third-order valence-electron chi connectivity index (χ3n) is 1.04. The Morgan fingerprint density at radius 3 is 2.78 bits per heavy atom. The summed E-state index contributed by atoms with van der Waals surface area (Å²) in [6.07, 6.45) is 1.48. The maximum atomic E-state index is 10.7. The van der Waals surface area contributed by atoms with E-state index in [1.165, 1.54) is 6.20 Å². The van der Waals surface area contributed by atoms with E-state index in [1.54, 1.807) is 12.1 Å². The van der Waals surface area contributed by atoms with Gasteiger partial charge in [0, 0.05) is 0 Å². The second kappa shape index (κ2) is 3.37. The summed E-state index contributed by atoms with van der Waals surface area (Å²) in [7, 11) is 5.63. The van der Waals surface area contributed by atoms with Gasteiger partial charge in [-0.05, 0) is 0 Å². The van der Waals surface area contributed by atoms with E-state index >= 15 is 0 Å². The van der Waals surface area contributed by atoms with Crippen molar-refractivity contribution in [3.63, 3.8) is 0 Å². The number of hydrogen-bond acceptors (Lipinski definition) is 1. The molecule has 4 heteroatoms. The summed E-state index contributed by atoms with van der Waals surface area (Å²) >= 11 is -1.46. The van der Waals surface area contributed by atoms with E-state index in [9.17, 15) is 5.21 Å². The molecule has 44 valence electrons. The molecule has 0 amide bonds. The number of pyridine rings is 1. The van der Waals surface area contributed by atoms with Gasteiger partial charge in [0.25, 0.3) is 0 Å². The molecule has 1 heterocycles. The molecule has 0 aliphatic heterocycles. The van der Waals surface area contributed by atoms with Crippen LogP contribution in [0.1, 0.15) is 0 Å². The Kier molecular flexibility index (Phi) is 2.73. The fourth-order valence-electron chi connectivity index (χ4n) is 0.567. The van der Waals surface area contributed by atoms with Gasteiger partial charge in [0.15, 0.2) is 0 Å². The molecule has 0 saturated heterocycles. The molecule has 1 aromatic heterocycles. The van der Waals surface area contributed by atoms with Crippen LogP contribution in [0.5, 0.6) is 0 Å². The molecule has 0 saturated carbocycles. The summed E-state index contributed by atoms with van der Waals surface area (Å²) in [5, 5.41) is 10.7. The Morgan fingerprint density at radius 1 is 1.56 bits per heavy atom. The first-order valence-corrected chi connectivity index (χ1v) is 12.1. The fourth-order valence-corrected chi connectivity index (χ4v) is 4.13. The van der Waals surface area contributed by atoms with Crippen LogP contribution in [0.15, 0.2) is 24.4 Å². The van der Waals surface area contributed by atoms with Gasteiger partial charge in [0.1, 0.15) is 0 Å². The molecular formula is C5H4ClHgNO. The fraction of sp³-hybridized carbons (Fsp3) is 0. The summed E-state index contributed by atoms with van der Waals surface area (Å²) in [6, 6.07) is 5.34. The zero-order valence-corrected chi connectivity index (χ0v) is 11.0. The average Bonchev–Trinajstić information content (AvgIpc) is 1.89. The third-order valence-corrected chi connectivity index (χ3v) is 6.64. The molecule has 0 fully saturated rings. The normalized spacial score (nSPS) is 8.56. The molecule has 9 heavy (non-hydrogen) atoms. The molecule has 0 aliphatic carbocycles. The summed E-state index contributed by atoms with van der Waals surface area (Å²) in [6.45, 7) is 0. The molecule has 1 rings (SSSR count). The Labute approximate surface area is 68.9 Å². The van der Waals surface area contributed by atoms with Crippen LogP contribution in [0.25, 0.3) is 0 Å². The van der Waals surface area contributed by atoms with E-state index in [-0.39, 0.29) is 0 Å². The molecule has 0 aromatic carbocycles. The van der Waals surface area contributed by atoms with Crippen LogP contribution >= 0.6 is 8.25 Å². The number of rotatable bonds is 1. The van der Waals surface area contributed by atoms with Crippen LogP contribution in [-0.4, -0.2) is 0 Å². The van der Waals surface area contributed by atoms with Crippen LogP contribution in [0.3, 0.4) is 0 Å². The van der Waals surface area contributed by atoms with Crippen molar-refractivity contribution in [1.82, 2.24) is 0 Å². The van der Waals surface area contributed by atoms with Gasteiger partial charge in [-0.3, -0.25) is 0 Å². The van der Waals surface area contributed by atoms with Crippen molar-refractivity contribution in [1.29, 1.82) is 0 Å². The minimum absolute atomic E-state index is 0.805. The van der Waals surface area contributed by atoms with E-state index in [4.69, 9.17) is 8.25 Å². The van der Waals surface area contributed by atoms with Crippen molar-refractivity contribution >= 4 is 11.5 Å². The first-order chi connectivity index (χ1) is 4.34. The third kappa shape index (κ3) is 1.80. The number of hydrogen-bond donors (Lipinski definition) is 0. The van der Waals surface area contributed by atoms with Gasteiger partial charge in [0.05, 0.1) is 0 Å². The molecule has 0 atom stereocenters. The minimum atomic E-state index is -1.46. The molecule has 0 aliphatic rings. The Balaban J connectivity index is 3.01. The van der Waals surface area contributed by atoms with Gasteiger partial charge in [-0.15, -0.1) is 0 Å². The van der Waals surface area contributed by atoms with Gasteiger partial charge < -0.3 is 0 Å². The average molecular weight is 330 g/mol. The van der Waals surface area contributed by atoms with Crippen molar-refractivity contribution in [2.45, 2.75) is 0 Å². The van der Waals surface area contributed by atoms with Crippen molar-refractivity contribution in [3.05, 3.63) is 29.6 Å². The molecular weight excluding hydrogens is 326 g/mol. The summed E-state index contributed by atoms with van der Waals surface area (Å²) < 4.78 is 1.66. The van der Waals surface area contributed by atoms with Gasteiger partial charge in [-0.2, -0.15) is 0 Å². The van der Waals surface area contributed by atoms with Crippen molar-refractivity contribution in [2.24, 2.45) is 0 Å². The molecule has 1 aromatic rings. The van der Waals surface area contributed by atoms with E-state index < -0.39 is 23.3 Å². The Bertz CT molecular complexity index is 206. The number of nitrogens with zero attached hydrogens (tertiary/aromatic N) is 1. The first kappa shape index (κ1) is 7.28. The van der Waals surface area contributed by atoms with Crippen molar-refractivity contribution in [2.75, 3.05) is 0 Å². The van der Waals surface area contributed by atoms with Crippen LogP contribution in [0.4, 0.5) is 0 Å². The summed E-state index contributed by atoms with van der Waals surface area (Å²) in [5.74, 6) is 0. The molecule has 0 radical (unpaired) electrons. The van der Waals surface area contributed by atoms with Gasteiger partial charge >= 0.3 is 69.1 Å². The quantitative estimate of drug-likeness (QED) is 0.410. The first-order valence-electron chi connectivity index (χ1n) is 2.57. The standard InChI is InChI=1S/C5H4NO.ClH.Hg/c7-6-4-2-1-3-5-6;;/h1-4H;1H;/q;;+1/p-1. The second-order valence-corrected chi connectivity index (χ2v) is 7.85. The monoisotopic (exact) mass is 331 g/mol. The Hall–Kier alpha value is 0.175. The van der Waals surface area contributed by atoms with Gasteiger partial charge in [-0.1, -0.05) is 0 Å². The van der Waals surface area contributed by atoms with E-state index in [0.717, 1.165) is 7.93 Å². The summed E-state index contributed by atoms with van der Waals surface area (Å²) in [4.78, 5) is 0.